The highest BCUT2D eigenvalue weighted by Gasteiger charge is 2.25. The van der Waals surface area contributed by atoms with Crippen LogP contribution < -0.4 is 16.6 Å². The van der Waals surface area contributed by atoms with Gasteiger partial charge in [0.1, 0.15) is 4.60 Å². The van der Waals surface area contributed by atoms with Gasteiger partial charge in [-0.25, -0.2) is 26.8 Å². The van der Waals surface area contributed by atoms with E-state index in [9.17, 15) is 26.4 Å². The van der Waals surface area contributed by atoms with Crippen LogP contribution in [0, 0.1) is 0 Å². The molecule has 6 aromatic rings. The zero-order chi connectivity index (χ0) is 41.0. The smallest absolute Gasteiger partial charge is 0.423 e. The first kappa shape index (κ1) is 44.3. The predicted molar refractivity (Wildman–Crippen MR) is 222 cm³/mol. The molecule has 56 heavy (non-hydrogen) atoms. The number of halogens is 3. The first-order valence-corrected chi connectivity index (χ1v) is 21.7. The maximum atomic E-state index is 12.9. The summed E-state index contributed by atoms with van der Waals surface area (Å²) in [5.41, 5.74) is 1.58. The van der Waals surface area contributed by atoms with Gasteiger partial charge in [0.25, 0.3) is 11.1 Å². The van der Waals surface area contributed by atoms with Gasteiger partial charge in [-0.2, -0.15) is 0 Å². The molecule has 6 rings (SSSR count). The Morgan fingerprint density at radius 3 is 1.45 bits per heavy atom. The number of aryl methyl sites for hydroxylation is 2. The van der Waals surface area contributed by atoms with E-state index in [2.05, 4.69) is 25.9 Å². The fourth-order valence-electron chi connectivity index (χ4n) is 4.98. The second-order valence-electron chi connectivity index (χ2n) is 11.9. The molecule has 0 spiro atoms. The van der Waals surface area contributed by atoms with Crippen molar-refractivity contribution < 1.29 is 26.9 Å². The van der Waals surface area contributed by atoms with Crippen molar-refractivity contribution in [1.29, 1.82) is 0 Å². The van der Waals surface area contributed by atoms with Crippen LogP contribution in [0.4, 0.5) is 0 Å². The van der Waals surface area contributed by atoms with E-state index in [1.807, 2.05) is 36.4 Å². The van der Waals surface area contributed by atoms with Crippen LogP contribution in [0.25, 0.3) is 11.3 Å². The lowest BCUT2D eigenvalue weighted by molar-refractivity contribution is 0.426. The third-order valence-electron chi connectivity index (χ3n) is 7.84. The molecule has 0 aliphatic heterocycles. The van der Waals surface area contributed by atoms with E-state index >= 15 is 0 Å². The van der Waals surface area contributed by atoms with Gasteiger partial charge in [0.15, 0.2) is 0 Å². The Balaban J connectivity index is 0.000000207. The Labute approximate surface area is 343 Å². The summed E-state index contributed by atoms with van der Waals surface area (Å²) < 4.78 is 53.5. The summed E-state index contributed by atoms with van der Waals surface area (Å²) in [7, 11) is -9.08. The van der Waals surface area contributed by atoms with E-state index in [0.717, 1.165) is 5.56 Å². The number of hydrogen-bond acceptors (Lipinski definition) is 10. The molecular weight excluding hydrogens is 866 g/mol. The molecule has 0 aliphatic carbocycles. The van der Waals surface area contributed by atoms with Crippen molar-refractivity contribution in [3.63, 3.8) is 0 Å². The minimum Gasteiger partial charge on any atom is -0.423 e. The lowest BCUT2D eigenvalue weighted by Gasteiger charge is -2.10. The highest BCUT2D eigenvalue weighted by molar-refractivity contribution is 9.10. The Kier molecular flexibility index (Phi) is 15.9. The zero-order valence-corrected chi connectivity index (χ0v) is 34.8. The normalized spacial score (nSPS) is 11.1. The topological polar surface area (TPSA) is 179 Å². The third-order valence-corrected chi connectivity index (χ3v) is 11.9. The molecule has 292 valence electrons. The highest BCUT2D eigenvalue weighted by atomic mass is 79.9. The quantitative estimate of drug-likeness (QED) is 0.165. The number of hydrogen-bond donors (Lipinski definition) is 2. The number of rotatable bonds is 10. The number of benzene rings is 4. The summed E-state index contributed by atoms with van der Waals surface area (Å²) in [5.74, 6) is -0.610. The molecule has 0 saturated carbocycles. The van der Waals surface area contributed by atoms with Crippen LogP contribution in [0.1, 0.15) is 25.0 Å². The molecule has 0 radical (unpaired) electrons. The summed E-state index contributed by atoms with van der Waals surface area (Å²) in [6.45, 7) is 4.25. The summed E-state index contributed by atoms with van der Waals surface area (Å²) in [6, 6.07) is 30.7. The van der Waals surface area contributed by atoms with Gasteiger partial charge < -0.3 is 19.2 Å². The highest BCUT2D eigenvalue weighted by Crippen LogP contribution is 2.20. The summed E-state index contributed by atoms with van der Waals surface area (Å²) >= 11 is 14.7. The molecule has 0 unspecified atom stereocenters. The molecule has 12 nitrogen and oxygen atoms in total. The van der Waals surface area contributed by atoms with Crippen LogP contribution >= 0.6 is 39.1 Å². The van der Waals surface area contributed by atoms with Crippen LogP contribution in [-0.2, 0) is 44.3 Å². The van der Waals surface area contributed by atoms with Crippen molar-refractivity contribution in [2.75, 3.05) is 0 Å². The third kappa shape index (κ3) is 12.3. The fraction of sp³-hybridized carbons (Fsp3) is 0.158. The van der Waals surface area contributed by atoms with Crippen molar-refractivity contribution in [1.82, 2.24) is 19.1 Å². The van der Waals surface area contributed by atoms with Crippen LogP contribution in [0.2, 0.25) is 10.0 Å². The lowest BCUT2D eigenvalue weighted by atomic mass is 9.81. The molecule has 2 aromatic heterocycles. The van der Waals surface area contributed by atoms with Crippen molar-refractivity contribution >= 4 is 71.4 Å². The Morgan fingerprint density at radius 2 is 1.04 bits per heavy atom. The Hall–Kier alpha value is -4.42. The molecule has 0 saturated heterocycles. The molecule has 18 heteroatoms. The molecule has 2 heterocycles. The van der Waals surface area contributed by atoms with Crippen LogP contribution in [0.3, 0.4) is 0 Å². The van der Waals surface area contributed by atoms with E-state index in [1.165, 1.54) is 15.3 Å². The van der Waals surface area contributed by atoms with Crippen LogP contribution in [0.5, 0.6) is 0 Å². The second-order valence-corrected chi connectivity index (χ2v) is 17.4. The van der Waals surface area contributed by atoms with Gasteiger partial charge in [-0.1, -0.05) is 108 Å². The van der Waals surface area contributed by atoms with E-state index in [0.29, 0.717) is 50.0 Å². The average Bonchev–Trinajstić information content (AvgIpc) is 3.18. The van der Waals surface area contributed by atoms with Gasteiger partial charge in [0.05, 0.1) is 17.2 Å². The molecule has 0 amide bonds. The van der Waals surface area contributed by atoms with E-state index < -0.39 is 48.0 Å². The minimum absolute atomic E-state index is 0.299. The van der Waals surface area contributed by atoms with Gasteiger partial charge in [0, 0.05) is 41.1 Å². The molecule has 0 aliphatic rings. The fourth-order valence-corrected chi connectivity index (χ4v) is 8.56. The van der Waals surface area contributed by atoms with E-state index in [1.54, 1.807) is 92.8 Å². The van der Waals surface area contributed by atoms with Crippen molar-refractivity contribution in [2.24, 2.45) is 0 Å². The van der Waals surface area contributed by atoms with Crippen molar-refractivity contribution in [3.05, 3.63) is 168 Å². The zero-order valence-electron chi connectivity index (χ0n) is 30.0. The van der Waals surface area contributed by atoms with Crippen LogP contribution in [-0.4, -0.2) is 53.1 Å². The minimum atomic E-state index is -3.91. The summed E-state index contributed by atoms with van der Waals surface area (Å²) in [5, 5.41) is 17.3. The number of nitrogens with zero attached hydrogens (tertiary/aromatic N) is 4. The van der Waals surface area contributed by atoms with Crippen molar-refractivity contribution in [2.45, 2.75) is 48.5 Å². The maximum absolute atomic E-state index is 12.9. The van der Waals surface area contributed by atoms with Crippen molar-refractivity contribution in [3.8, 4) is 11.3 Å². The largest absolute Gasteiger partial charge is 0.488 e. The van der Waals surface area contributed by atoms with Crippen LogP contribution in [0.15, 0.2) is 146 Å². The molecule has 2 N–H and O–H groups in total. The monoisotopic (exact) mass is 900 g/mol. The molecule has 4 aromatic carbocycles. The number of sulfone groups is 2. The molecule has 0 bridgehead atoms. The molecular formula is C38H36BBrCl2N4O8S2. The van der Waals surface area contributed by atoms with Gasteiger partial charge >= 0.3 is 7.12 Å². The first-order chi connectivity index (χ1) is 26.5. The molecule has 0 fully saturated rings. The predicted octanol–water partition coefficient (Wildman–Crippen LogP) is 5.58. The average molecular weight is 902 g/mol. The van der Waals surface area contributed by atoms with E-state index in [4.69, 9.17) is 33.2 Å². The second kappa shape index (κ2) is 20.1. The Morgan fingerprint density at radius 1 is 0.625 bits per heavy atom. The van der Waals surface area contributed by atoms with Gasteiger partial charge in [0.2, 0.25) is 29.7 Å². The van der Waals surface area contributed by atoms with Gasteiger partial charge in [-0.05, 0) is 70.6 Å². The Bertz CT molecular complexity index is 2580. The summed E-state index contributed by atoms with van der Waals surface area (Å²) in [4.78, 5) is 32.7. The SMILES string of the molecule is CCn1cc(-c2ccccc2)nc(S(=O)(=O)Cc2ccc(Cl)cc2)c1=O.CCn1cc(Br)nc(S(=O)(=O)Cc2ccc(Cl)cc2)c1=O.OB(O)c1ccccc1. The number of aromatic nitrogens is 4. The summed E-state index contributed by atoms with van der Waals surface area (Å²) in [6.07, 6.45) is 3.04. The van der Waals surface area contributed by atoms with Gasteiger partial charge in [-0.3, -0.25) is 9.59 Å². The standard InChI is InChI=1S/C19H17ClN2O3S.C13H12BrClN2O3S.C6H7BO2/c1-2-22-12-17(15-6-4-3-5-7-15)21-18(19(22)23)26(24,25)13-14-8-10-16(20)11-9-14;1-2-17-7-11(14)16-12(13(17)18)21(19,20)8-9-3-5-10(15)6-4-9;8-7(9)6-4-2-1-3-5-6/h3-12H,2,13H2,1H3;3-7H,2,8H2,1H3;1-5,8-9H. The van der Waals surface area contributed by atoms with Gasteiger partial charge in [-0.15, -0.1) is 0 Å². The molecule has 0 atom stereocenters. The maximum Gasteiger partial charge on any atom is 0.488 e. The first-order valence-electron chi connectivity index (χ1n) is 16.8. The van der Waals surface area contributed by atoms with E-state index in [-0.39, 0.29) is 11.5 Å². The lowest BCUT2D eigenvalue weighted by Crippen LogP contribution is -2.29.